The maximum atomic E-state index is 11.8. The quantitative estimate of drug-likeness (QED) is 0.776. The fourth-order valence-corrected chi connectivity index (χ4v) is 1.62. The number of halogens is 1. The van der Waals surface area contributed by atoms with Gasteiger partial charge in [-0.25, -0.2) is 0 Å². The Labute approximate surface area is 107 Å². The van der Waals surface area contributed by atoms with Crippen LogP contribution in [0.5, 0.6) is 5.88 Å². The van der Waals surface area contributed by atoms with E-state index < -0.39 is 11.5 Å². The van der Waals surface area contributed by atoms with Gasteiger partial charge in [-0.05, 0) is 18.2 Å². The number of anilines is 1. The number of H-pyrrole nitrogens is 1. The number of hydrogen-bond acceptors (Lipinski definition) is 3. The van der Waals surface area contributed by atoms with Gasteiger partial charge in [-0.15, -0.1) is 0 Å². The van der Waals surface area contributed by atoms with Crippen LogP contribution in [0.15, 0.2) is 41.2 Å². The molecule has 1 aromatic carbocycles. The first kappa shape index (κ1) is 12.2. The number of nitrogens with one attached hydrogen (secondary N) is 2. The molecule has 0 saturated carbocycles. The van der Waals surface area contributed by atoms with Crippen molar-refractivity contribution in [3.05, 3.63) is 57.3 Å². The van der Waals surface area contributed by atoms with E-state index >= 15 is 0 Å². The Balaban J connectivity index is 2.24. The Morgan fingerprint density at radius 3 is 2.72 bits per heavy atom. The van der Waals surface area contributed by atoms with E-state index in [1.807, 2.05) is 0 Å². The Hall–Kier alpha value is -2.27. The van der Waals surface area contributed by atoms with Crippen LogP contribution < -0.4 is 10.9 Å². The number of aromatic hydroxyl groups is 1. The molecule has 5 nitrogen and oxygen atoms in total. The maximum Gasteiger partial charge on any atom is 0.256 e. The molecular formula is C12H9ClN2O3. The molecule has 0 aliphatic carbocycles. The second kappa shape index (κ2) is 4.93. The van der Waals surface area contributed by atoms with E-state index in [1.54, 1.807) is 24.3 Å². The number of amides is 1. The molecule has 1 heterocycles. The first-order chi connectivity index (χ1) is 8.54. The molecule has 92 valence electrons. The number of aromatic nitrogens is 1. The summed E-state index contributed by atoms with van der Waals surface area (Å²) in [4.78, 5) is 25.1. The zero-order chi connectivity index (χ0) is 13.1. The summed E-state index contributed by atoms with van der Waals surface area (Å²) in [7, 11) is 0. The molecule has 0 radical (unpaired) electrons. The van der Waals surface area contributed by atoms with Crippen molar-refractivity contribution in [2.45, 2.75) is 0 Å². The number of rotatable bonds is 2. The lowest BCUT2D eigenvalue weighted by Gasteiger charge is -2.05. The average molecular weight is 265 g/mol. The van der Waals surface area contributed by atoms with E-state index in [0.29, 0.717) is 10.7 Å². The van der Waals surface area contributed by atoms with Crippen LogP contribution in [0.1, 0.15) is 10.4 Å². The third-order valence-electron chi connectivity index (χ3n) is 2.17. The predicted molar refractivity (Wildman–Crippen MR) is 68.1 cm³/mol. The van der Waals surface area contributed by atoms with E-state index in [9.17, 15) is 14.7 Å². The van der Waals surface area contributed by atoms with Crippen molar-refractivity contribution in [2.75, 3.05) is 5.32 Å². The van der Waals surface area contributed by atoms with Gasteiger partial charge in [-0.2, -0.15) is 0 Å². The smallest absolute Gasteiger partial charge is 0.256 e. The highest BCUT2D eigenvalue weighted by atomic mass is 35.5. The molecule has 0 aliphatic heterocycles. The van der Waals surface area contributed by atoms with Gasteiger partial charge in [0.25, 0.3) is 11.5 Å². The van der Waals surface area contributed by atoms with Gasteiger partial charge < -0.3 is 10.4 Å². The zero-order valence-corrected chi connectivity index (χ0v) is 9.86. The molecule has 2 rings (SSSR count). The first-order valence-corrected chi connectivity index (χ1v) is 5.42. The number of aromatic amines is 1. The fraction of sp³-hybridized carbons (Fsp3) is 0. The maximum absolute atomic E-state index is 11.8. The molecule has 0 atom stereocenters. The Kier molecular flexibility index (Phi) is 3.34. The van der Waals surface area contributed by atoms with Gasteiger partial charge in [0.2, 0.25) is 0 Å². The highest BCUT2D eigenvalue weighted by molar-refractivity contribution is 6.30. The normalized spacial score (nSPS) is 10.1. The third-order valence-corrected chi connectivity index (χ3v) is 2.41. The van der Waals surface area contributed by atoms with Crippen LogP contribution in [0.2, 0.25) is 5.02 Å². The number of benzene rings is 1. The molecule has 2 aromatic rings. The molecule has 0 aliphatic rings. The monoisotopic (exact) mass is 264 g/mol. The topological polar surface area (TPSA) is 82.2 Å². The summed E-state index contributed by atoms with van der Waals surface area (Å²) in [5.74, 6) is -0.864. The van der Waals surface area contributed by atoms with Crippen molar-refractivity contribution in [1.29, 1.82) is 0 Å². The minimum atomic E-state index is -0.550. The fourth-order valence-electron chi connectivity index (χ4n) is 1.43. The number of carbonyl (C=O) groups excluding carboxylic acids is 1. The summed E-state index contributed by atoms with van der Waals surface area (Å²) in [6.07, 6.45) is 0. The largest absolute Gasteiger partial charge is 0.494 e. The summed E-state index contributed by atoms with van der Waals surface area (Å²) in [5, 5.41) is 12.3. The van der Waals surface area contributed by atoms with Crippen LogP contribution in [-0.4, -0.2) is 16.0 Å². The lowest BCUT2D eigenvalue weighted by molar-refractivity contribution is 0.102. The van der Waals surface area contributed by atoms with E-state index in [2.05, 4.69) is 10.3 Å². The van der Waals surface area contributed by atoms with Crippen molar-refractivity contribution in [1.82, 2.24) is 4.98 Å². The minimum absolute atomic E-state index is 0.0659. The van der Waals surface area contributed by atoms with Crippen molar-refractivity contribution in [2.24, 2.45) is 0 Å². The molecule has 0 bridgehead atoms. The van der Waals surface area contributed by atoms with E-state index in [-0.39, 0.29) is 11.4 Å². The van der Waals surface area contributed by atoms with Gasteiger partial charge in [0.15, 0.2) is 5.88 Å². The molecule has 1 aromatic heterocycles. The molecule has 3 N–H and O–H groups in total. The van der Waals surface area contributed by atoms with Gasteiger partial charge in [-0.1, -0.05) is 17.7 Å². The number of hydrogen-bond donors (Lipinski definition) is 3. The lowest BCUT2D eigenvalue weighted by Crippen LogP contribution is -2.15. The SMILES string of the molecule is O=C(Nc1cccc(Cl)c1)c1cc(O)[nH]c(=O)c1. The molecule has 0 saturated heterocycles. The summed E-state index contributed by atoms with van der Waals surface area (Å²) in [6.45, 7) is 0. The Morgan fingerprint density at radius 2 is 2.06 bits per heavy atom. The lowest BCUT2D eigenvalue weighted by atomic mass is 10.2. The van der Waals surface area contributed by atoms with Crippen LogP contribution in [-0.2, 0) is 0 Å². The van der Waals surface area contributed by atoms with Gasteiger partial charge in [0, 0.05) is 22.8 Å². The molecule has 1 amide bonds. The predicted octanol–water partition coefficient (Wildman–Crippen LogP) is 1.99. The first-order valence-electron chi connectivity index (χ1n) is 5.05. The van der Waals surface area contributed by atoms with Crippen LogP contribution >= 0.6 is 11.6 Å². The van der Waals surface area contributed by atoms with Gasteiger partial charge in [-0.3, -0.25) is 14.6 Å². The molecular weight excluding hydrogens is 256 g/mol. The highest BCUT2D eigenvalue weighted by Crippen LogP contribution is 2.16. The third kappa shape index (κ3) is 2.89. The van der Waals surface area contributed by atoms with Crippen molar-refractivity contribution >= 4 is 23.2 Å². The van der Waals surface area contributed by atoms with Crippen LogP contribution in [0, 0.1) is 0 Å². The molecule has 18 heavy (non-hydrogen) atoms. The van der Waals surface area contributed by atoms with Crippen LogP contribution in [0.3, 0.4) is 0 Å². The second-order valence-corrected chi connectivity index (χ2v) is 4.02. The van der Waals surface area contributed by atoms with Gasteiger partial charge in [0.1, 0.15) is 0 Å². The summed E-state index contributed by atoms with van der Waals surface area (Å²) >= 11 is 5.78. The molecule has 0 spiro atoms. The molecule has 0 unspecified atom stereocenters. The minimum Gasteiger partial charge on any atom is -0.494 e. The van der Waals surface area contributed by atoms with Crippen LogP contribution in [0.4, 0.5) is 5.69 Å². The van der Waals surface area contributed by atoms with Crippen molar-refractivity contribution in [3.63, 3.8) is 0 Å². The number of carbonyl (C=O) groups is 1. The van der Waals surface area contributed by atoms with Crippen molar-refractivity contribution in [3.8, 4) is 5.88 Å². The zero-order valence-electron chi connectivity index (χ0n) is 9.11. The summed E-state index contributed by atoms with van der Waals surface area (Å²) in [6, 6.07) is 8.87. The van der Waals surface area contributed by atoms with E-state index in [0.717, 1.165) is 6.07 Å². The standard InChI is InChI=1S/C12H9ClN2O3/c13-8-2-1-3-9(6-8)14-12(18)7-4-10(16)15-11(17)5-7/h1-6H,(H,14,18)(H2,15,16,17). The molecule has 0 fully saturated rings. The van der Waals surface area contributed by atoms with Crippen molar-refractivity contribution < 1.29 is 9.90 Å². The Bertz CT molecular complexity index is 652. The van der Waals surface area contributed by atoms with E-state index in [1.165, 1.54) is 6.07 Å². The van der Waals surface area contributed by atoms with E-state index in [4.69, 9.17) is 11.6 Å². The highest BCUT2D eigenvalue weighted by Gasteiger charge is 2.08. The average Bonchev–Trinajstić information content (AvgIpc) is 2.27. The Morgan fingerprint density at radius 1 is 1.28 bits per heavy atom. The summed E-state index contributed by atoms with van der Waals surface area (Å²) in [5.41, 5.74) is 0.0229. The second-order valence-electron chi connectivity index (χ2n) is 3.58. The number of pyridine rings is 1. The van der Waals surface area contributed by atoms with Gasteiger partial charge >= 0.3 is 0 Å². The molecule has 6 heteroatoms. The van der Waals surface area contributed by atoms with Gasteiger partial charge in [0.05, 0.1) is 5.56 Å². The summed E-state index contributed by atoms with van der Waals surface area (Å²) < 4.78 is 0. The van der Waals surface area contributed by atoms with Crippen LogP contribution in [0.25, 0.3) is 0 Å².